The molecule has 1 N–H and O–H groups in total. The molecule has 1 aromatic carbocycles. The van der Waals surface area contributed by atoms with Crippen molar-refractivity contribution >= 4 is 0 Å². The molecule has 0 saturated heterocycles. The van der Waals surface area contributed by atoms with Gasteiger partial charge in [-0.25, -0.2) is 0 Å². The van der Waals surface area contributed by atoms with Crippen molar-refractivity contribution in [1.82, 2.24) is 15.1 Å². The van der Waals surface area contributed by atoms with Gasteiger partial charge in [0.25, 0.3) is 0 Å². The first kappa shape index (κ1) is 13.8. The van der Waals surface area contributed by atoms with Crippen LogP contribution in [0, 0.1) is 6.92 Å². The van der Waals surface area contributed by atoms with Gasteiger partial charge in [0.1, 0.15) is 0 Å². The Morgan fingerprint density at radius 2 is 1.89 bits per heavy atom. The number of nitrogens with zero attached hydrogens (tertiary/aromatic N) is 2. The zero-order valence-electron chi connectivity index (χ0n) is 12.5. The number of aryl methyl sites for hydroxylation is 2. The van der Waals surface area contributed by atoms with E-state index in [0.717, 1.165) is 12.2 Å². The van der Waals surface area contributed by atoms with E-state index in [1.54, 1.807) is 0 Å². The van der Waals surface area contributed by atoms with E-state index in [0.29, 0.717) is 0 Å². The molecule has 3 heteroatoms. The first-order valence-corrected chi connectivity index (χ1v) is 6.70. The fourth-order valence-corrected chi connectivity index (χ4v) is 2.09. The summed E-state index contributed by atoms with van der Waals surface area (Å²) in [6.07, 6.45) is 2.10. The number of aromatic nitrogens is 2. The Bertz CT molecular complexity index is 562. The lowest BCUT2D eigenvalue weighted by atomic mass is 10.0. The van der Waals surface area contributed by atoms with Crippen LogP contribution in [-0.2, 0) is 13.6 Å². The summed E-state index contributed by atoms with van der Waals surface area (Å²) in [7, 11) is 1.97. The van der Waals surface area contributed by atoms with Crippen molar-refractivity contribution in [1.29, 1.82) is 0 Å². The SMILES string of the molecule is Cc1ccccc1-c1nn(C)cc1CNC(C)(C)C. The Morgan fingerprint density at radius 3 is 2.53 bits per heavy atom. The summed E-state index contributed by atoms with van der Waals surface area (Å²) in [5, 5.41) is 8.15. The molecule has 1 heterocycles. The number of hydrogen-bond donors (Lipinski definition) is 1. The van der Waals surface area contributed by atoms with Gasteiger partial charge in [0.05, 0.1) is 5.69 Å². The number of nitrogens with one attached hydrogen (secondary N) is 1. The van der Waals surface area contributed by atoms with Gasteiger partial charge in [-0.05, 0) is 33.3 Å². The molecule has 0 aliphatic carbocycles. The molecule has 3 nitrogen and oxygen atoms in total. The van der Waals surface area contributed by atoms with Crippen LogP contribution < -0.4 is 5.32 Å². The molecule has 102 valence electrons. The lowest BCUT2D eigenvalue weighted by Gasteiger charge is -2.20. The highest BCUT2D eigenvalue weighted by molar-refractivity contribution is 5.66. The van der Waals surface area contributed by atoms with E-state index in [9.17, 15) is 0 Å². The lowest BCUT2D eigenvalue weighted by molar-refractivity contribution is 0.424. The van der Waals surface area contributed by atoms with Gasteiger partial charge >= 0.3 is 0 Å². The van der Waals surface area contributed by atoms with E-state index in [1.807, 2.05) is 11.7 Å². The van der Waals surface area contributed by atoms with E-state index in [2.05, 4.69) is 68.6 Å². The van der Waals surface area contributed by atoms with Crippen LogP contribution in [0.2, 0.25) is 0 Å². The standard InChI is InChI=1S/C16H23N3/c1-12-8-6-7-9-14(12)15-13(11-19(5)18-15)10-17-16(2,3)4/h6-9,11,17H,10H2,1-5H3. The maximum absolute atomic E-state index is 4.62. The van der Waals surface area contributed by atoms with Gasteiger partial charge < -0.3 is 5.32 Å². The minimum absolute atomic E-state index is 0.110. The molecule has 0 fully saturated rings. The fourth-order valence-electron chi connectivity index (χ4n) is 2.09. The second-order valence-electron chi connectivity index (χ2n) is 6.10. The number of hydrogen-bond acceptors (Lipinski definition) is 2. The molecule has 0 aliphatic rings. The Balaban J connectivity index is 2.34. The highest BCUT2D eigenvalue weighted by atomic mass is 15.3. The molecule has 0 atom stereocenters. The summed E-state index contributed by atoms with van der Waals surface area (Å²) >= 11 is 0. The molecule has 0 bridgehead atoms. The molecule has 2 rings (SSSR count). The van der Waals surface area contributed by atoms with Crippen LogP contribution in [-0.4, -0.2) is 15.3 Å². The summed E-state index contributed by atoms with van der Waals surface area (Å²) in [4.78, 5) is 0. The molecular formula is C16H23N3. The Morgan fingerprint density at radius 1 is 1.21 bits per heavy atom. The van der Waals surface area contributed by atoms with E-state index < -0.39 is 0 Å². The van der Waals surface area contributed by atoms with E-state index in [1.165, 1.54) is 16.7 Å². The van der Waals surface area contributed by atoms with Crippen LogP contribution in [0.25, 0.3) is 11.3 Å². The Kier molecular flexibility index (Phi) is 3.76. The summed E-state index contributed by atoms with van der Waals surface area (Å²) < 4.78 is 1.89. The molecule has 2 aromatic rings. The third-order valence-corrected chi connectivity index (χ3v) is 3.11. The average molecular weight is 257 g/mol. The smallest absolute Gasteiger partial charge is 0.0970 e. The van der Waals surface area contributed by atoms with E-state index in [4.69, 9.17) is 0 Å². The summed E-state index contributed by atoms with van der Waals surface area (Å²) in [5.74, 6) is 0. The van der Waals surface area contributed by atoms with Gasteiger partial charge in [-0.15, -0.1) is 0 Å². The predicted octanol–water partition coefficient (Wildman–Crippen LogP) is 3.28. The minimum atomic E-state index is 0.110. The minimum Gasteiger partial charge on any atom is -0.308 e. The van der Waals surface area contributed by atoms with Crippen molar-refractivity contribution < 1.29 is 0 Å². The summed E-state index contributed by atoms with van der Waals surface area (Å²) in [6, 6.07) is 8.40. The van der Waals surface area contributed by atoms with Gasteiger partial charge in [0, 0.05) is 36.5 Å². The monoisotopic (exact) mass is 257 g/mol. The fraction of sp³-hybridized carbons (Fsp3) is 0.438. The lowest BCUT2D eigenvalue weighted by Crippen LogP contribution is -2.35. The molecular weight excluding hydrogens is 234 g/mol. The highest BCUT2D eigenvalue weighted by Crippen LogP contribution is 2.25. The molecule has 0 amide bonds. The van der Waals surface area contributed by atoms with Gasteiger partial charge in [-0.3, -0.25) is 4.68 Å². The third kappa shape index (κ3) is 3.44. The van der Waals surface area contributed by atoms with Crippen molar-refractivity contribution in [3.63, 3.8) is 0 Å². The van der Waals surface area contributed by atoms with Gasteiger partial charge in [-0.2, -0.15) is 5.10 Å². The molecule has 0 unspecified atom stereocenters. The van der Waals surface area contributed by atoms with Crippen LogP contribution in [0.5, 0.6) is 0 Å². The highest BCUT2D eigenvalue weighted by Gasteiger charge is 2.14. The molecule has 1 aromatic heterocycles. The number of benzene rings is 1. The van der Waals surface area contributed by atoms with Crippen LogP contribution in [0.4, 0.5) is 0 Å². The maximum atomic E-state index is 4.62. The first-order valence-electron chi connectivity index (χ1n) is 6.70. The van der Waals surface area contributed by atoms with Crippen molar-refractivity contribution in [2.24, 2.45) is 7.05 Å². The second-order valence-corrected chi connectivity index (χ2v) is 6.10. The zero-order chi connectivity index (χ0) is 14.0. The van der Waals surface area contributed by atoms with Crippen LogP contribution >= 0.6 is 0 Å². The topological polar surface area (TPSA) is 29.9 Å². The van der Waals surface area contributed by atoms with Gasteiger partial charge in [-0.1, -0.05) is 24.3 Å². The molecule has 19 heavy (non-hydrogen) atoms. The molecule has 0 radical (unpaired) electrons. The van der Waals surface area contributed by atoms with Crippen molar-refractivity contribution in [3.05, 3.63) is 41.6 Å². The van der Waals surface area contributed by atoms with E-state index in [-0.39, 0.29) is 5.54 Å². The normalized spacial score (nSPS) is 11.8. The van der Waals surface area contributed by atoms with Crippen molar-refractivity contribution in [2.75, 3.05) is 0 Å². The van der Waals surface area contributed by atoms with Crippen LogP contribution in [0.3, 0.4) is 0 Å². The van der Waals surface area contributed by atoms with Crippen LogP contribution in [0.1, 0.15) is 31.9 Å². The molecule has 0 aliphatic heterocycles. The third-order valence-electron chi connectivity index (χ3n) is 3.11. The molecule has 0 saturated carbocycles. The van der Waals surface area contributed by atoms with Gasteiger partial charge in [0.2, 0.25) is 0 Å². The Hall–Kier alpha value is -1.61. The zero-order valence-corrected chi connectivity index (χ0v) is 12.5. The maximum Gasteiger partial charge on any atom is 0.0970 e. The predicted molar refractivity (Wildman–Crippen MR) is 80.0 cm³/mol. The molecule has 0 spiro atoms. The first-order chi connectivity index (χ1) is 8.87. The van der Waals surface area contributed by atoms with Gasteiger partial charge in [0.15, 0.2) is 0 Å². The van der Waals surface area contributed by atoms with Crippen LogP contribution in [0.15, 0.2) is 30.5 Å². The summed E-state index contributed by atoms with van der Waals surface area (Å²) in [6.45, 7) is 9.50. The second kappa shape index (κ2) is 5.17. The quantitative estimate of drug-likeness (QED) is 0.914. The summed E-state index contributed by atoms with van der Waals surface area (Å²) in [5.41, 5.74) is 4.91. The van der Waals surface area contributed by atoms with Crippen molar-refractivity contribution in [2.45, 2.75) is 39.8 Å². The number of rotatable bonds is 3. The Labute approximate surface area is 115 Å². The van der Waals surface area contributed by atoms with E-state index >= 15 is 0 Å². The average Bonchev–Trinajstić information content (AvgIpc) is 2.67. The van der Waals surface area contributed by atoms with Crippen molar-refractivity contribution in [3.8, 4) is 11.3 Å². The largest absolute Gasteiger partial charge is 0.308 e.